The highest BCUT2D eigenvalue weighted by atomic mass is 32.1. The molecule has 1 amide bonds. The summed E-state index contributed by atoms with van der Waals surface area (Å²) in [6.45, 7) is 1.06. The first-order chi connectivity index (χ1) is 10.1. The van der Waals surface area contributed by atoms with Crippen molar-refractivity contribution < 1.29 is 19.0 Å². The number of hydrogen-bond acceptors (Lipinski definition) is 4. The molecule has 1 aromatic carbocycles. The van der Waals surface area contributed by atoms with E-state index in [1.807, 2.05) is 0 Å². The molecule has 1 aliphatic rings. The Balaban J connectivity index is 2.07. The number of carbonyl (C=O) groups excluding carboxylic acids is 1. The van der Waals surface area contributed by atoms with Crippen LogP contribution < -0.4 is 0 Å². The number of ether oxygens (including phenoxy) is 1. The van der Waals surface area contributed by atoms with Crippen molar-refractivity contribution in [3.8, 4) is 0 Å². The van der Waals surface area contributed by atoms with Gasteiger partial charge in [-0.2, -0.15) is 0 Å². The van der Waals surface area contributed by atoms with Crippen molar-refractivity contribution in [1.82, 2.24) is 4.90 Å². The van der Waals surface area contributed by atoms with Crippen LogP contribution in [-0.4, -0.2) is 42.2 Å². The van der Waals surface area contributed by atoms with E-state index in [1.165, 1.54) is 24.5 Å². The van der Waals surface area contributed by atoms with Gasteiger partial charge in [-0.25, -0.2) is 4.39 Å². The zero-order valence-corrected chi connectivity index (χ0v) is 12.5. The molecule has 0 unspecified atom stereocenters. The van der Waals surface area contributed by atoms with Crippen LogP contribution in [0, 0.1) is 5.82 Å². The lowest BCUT2D eigenvalue weighted by Crippen LogP contribution is -2.29. The van der Waals surface area contributed by atoms with Crippen LogP contribution in [0.3, 0.4) is 0 Å². The molecule has 0 saturated carbocycles. The molecule has 0 aliphatic carbocycles. The van der Waals surface area contributed by atoms with Gasteiger partial charge in [0.15, 0.2) is 0 Å². The summed E-state index contributed by atoms with van der Waals surface area (Å²) < 4.78 is 20.0. The number of methoxy groups -OCH3 is 1. The minimum Gasteiger partial charge on any atom is -0.391 e. The van der Waals surface area contributed by atoms with Crippen LogP contribution in [0.2, 0.25) is 0 Å². The Labute approximate surface area is 125 Å². The Morgan fingerprint density at radius 2 is 2.38 bits per heavy atom. The second kappa shape index (κ2) is 5.71. The molecule has 1 atom stereocenters. The molecule has 21 heavy (non-hydrogen) atoms. The van der Waals surface area contributed by atoms with Gasteiger partial charge < -0.3 is 14.7 Å². The third kappa shape index (κ3) is 2.54. The number of β-amino-alcohol motifs (C(OH)–C–C–N with tert-alkyl or cyclic N) is 1. The molecule has 1 N–H and O–H groups in total. The number of aliphatic hydroxyl groups excluding tert-OH is 1. The van der Waals surface area contributed by atoms with E-state index >= 15 is 0 Å². The average molecular weight is 309 g/mol. The molecular weight excluding hydrogens is 293 g/mol. The van der Waals surface area contributed by atoms with Gasteiger partial charge in [-0.05, 0) is 18.6 Å². The molecule has 3 rings (SSSR count). The van der Waals surface area contributed by atoms with Gasteiger partial charge >= 0.3 is 0 Å². The molecule has 0 bridgehead atoms. The molecule has 1 fully saturated rings. The third-order valence-corrected chi connectivity index (χ3v) is 4.88. The number of halogens is 1. The maximum Gasteiger partial charge on any atom is 0.264 e. The lowest BCUT2D eigenvalue weighted by atomic mass is 10.1. The number of fused-ring (bicyclic) bond motifs is 1. The average Bonchev–Trinajstić information content (AvgIpc) is 3.04. The summed E-state index contributed by atoms with van der Waals surface area (Å²) in [5.41, 5.74) is 0.599. The monoisotopic (exact) mass is 309 g/mol. The molecule has 6 heteroatoms. The number of likely N-dealkylation sites (tertiary alicyclic amines) is 1. The first-order valence-electron chi connectivity index (χ1n) is 6.78. The minimum absolute atomic E-state index is 0.154. The second-order valence-electron chi connectivity index (χ2n) is 5.15. The fraction of sp³-hybridized carbons (Fsp3) is 0.400. The molecule has 2 aromatic rings. The third-order valence-electron chi connectivity index (χ3n) is 3.70. The predicted octanol–water partition coefficient (Wildman–Crippen LogP) is 2.39. The van der Waals surface area contributed by atoms with E-state index in [4.69, 9.17) is 4.74 Å². The van der Waals surface area contributed by atoms with Crippen LogP contribution in [0.5, 0.6) is 0 Å². The molecular formula is C15H16FNO3S. The summed E-state index contributed by atoms with van der Waals surface area (Å²) in [5, 5.41) is 10.0. The van der Waals surface area contributed by atoms with Gasteiger partial charge in [0.05, 0.1) is 17.6 Å². The van der Waals surface area contributed by atoms with E-state index in [9.17, 15) is 14.3 Å². The van der Waals surface area contributed by atoms with Gasteiger partial charge in [-0.1, -0.05) is 6.07 Å². The van der Waals surface area contributed by atoms with Crippen LogP contribution in [-0.2, 0) is 11.3 Å². The van der Waals surface area contributed by atoms with Gasteiger partial charge in [-0.3, -0.25) is 4.79 Å². The molecule has 1 aliphatic heterocycles. The summed E-state index contributed by atoms with van der Waals surface area (Å²) in [4.78, 5) is 14.7. The van der Waals surface area contributed by atoms with Crippen molar-refractivity contribution >= 4 is 27.3 Å². The molecule has 2 heterocycles. The SMILES string of the molecule is COCc1c(C(=O)N2CC[C@@H](O)C2)sc2cccc(F)c12. The number of thiophene rings is 1. The highest BCUT2D eigenvalue weighted by Crippen LogP contribution is 2.35. The largest absolute Gasteiger partial charge is 0.391 e. The summed E-state index contributed by atoms with van der Waals surface area (Å²) in [6, 6.07) is 4.83. The van der Waals surface area contributed by atoms with Crippen molar-refractivity contribution in [1.29, 1.82) is 0 Å². The standard InChI is InChI=1S/C15H16FNO3S/c1-20-8-10-13-11(16)3-2-4-12(13)21-14(10)15(19)17-6-5-9(18)7-17/h2-4,9,18H,5-8H2,1H3/t9-/m1/s1. The van der Waals surface area contributed by atoms with E-state index in [0.29, 0.717) is 35.3 Å². The maximum atomic E-state index is 14.1. The zero-order valence-electron chi connectivity index (χ0n) is 11.6. The van der Waals surface area contributed by atoms with Crippen molar-refractivity contribution in [3.05, 3.63) is 34.5 Å². The normalized spacial score (nSPS) is 18.6. The Morgan fingerprint density at radius 1 is 1.57 bits per heavy atom. The summed E-state index contributed by atoms with van der Waals surface area (Å²) in [6.07, 6.45) is 0.121. The van der Waals surface area contributed by atoms with E-state index < -0.39 is 6.10 Å². The Morgan fingerprint density at radius 3 is 3.05 bits per heavy atom. The lowest BCUT2D eigenvalue weighted by molar-refractivity contribution is 0.0765. The van der Waals surface area contributed by atoms with E-state index in [2.05, 4.69) is 0 Å². The number of benzene rings is 1. The summed E-state index contributed by atoms with van der Waals surface area (Å²) in [7, 11) is 1.53. The fourth-order valence-corrected chi connectivity index (χ4v) is 3.88. The zero-order chi connectivity index (χ0) is 15.0. The summed E-state index contributed by atoms with van der Waals surface area (Å²) in [5.74, 6) is -0.490. The highest BCUT2D eigenvalue weighted by Gasteiger charge is 2.29. The molecule has 112 valence electrons. The smallest absolute Gasteiger partial charge is 0.264 e. The van der Waals surface area contributed by atoms with Crippen molar-refractivity contribution in [2.45, 2.75) is 19.1 Å². The molecule has 1 saturated heterocycles. The number of carbonyl (C=O) groups is 1. The summed E-state index contributed by atoms with van der Waals surface area (Å²) >= 11 is 1.28. The molecule has 0 radical (unpaired) electrons. The van der Waals surface area contributed by atoms with Gasteiger partial charge in [0.2, 0.25) is 0 Å². The predicted molar refractivity (Wildman–Crippen MR) is 79.0 cm³/mol. The first kappa shape index (κ1) is 14.4. The quantitative estimate of drug-likeness (QED) is 0.947. The van der Waals surface area contributed by atoms with E-state index in [1.54, 1.807) is 17.0 Å². The lowest BCUT2D eigenvalue weighted by Gasteiger charge is -2.15. The first-order valence-corrected chi connectivity index (χ1v) is 7.59. The fourth-order valence-electron chi connectivity index (χ4n) is 2.69. The van der Waals surface area contributed by atoms with Crippen LogP contribution in [0.4, 0.5) is 4.39 Å². The Kier molecular flexibility index (Phi) is 3.93. The maximum absolute atomic E-state index is 14.1. The second-order valence-corrected chi connectivity index (χ2v) is 6.20. The number of rotatable bonds is 3. The Bertz CT molecular complexity index is 685. The van der Waals surface area contributed by atoms with E-state index in [0.717, 1.165) is 4.70 Å². The molecule has 4 nitrogen and oxygen atoms in total. The number of amides is 1. The number of nitrogens with zero attached hydrogens (tertiary/aromatic N) is 1. The van der Waals surface area contributed by atoms with Gasteiger partial charge in [0.25, 0.3) is 5.91 Å². The Hall–Kier alpha value is -1.50. The van der Waals surface area contributed by atoms with Crippen LogP contribution in [0.15, 0.2) is 18.2 Å². The number of hydrogen-bond donors (Lipinski definition) is 1. The van der Waals surface area contributed by atoms with Crippen LogP contribution in [0.25, 0.3) is 10.1 Å². The topological polar surface area (TPSA) is 49.8 Å². The van der Waals surface area contributed by atoms with Crippen LogP contribution in [0.1, 0.15) is 21.7 Å². The molecule has 1 aromatic heterocycles. The van der Waals surface area contributed by atoms with Crippen LogP contribution >= 0.6 is 11.3 Å². The molecule has 0 spiro atoms. The van der Waals surface area contributed by atoms with Gasteiger partial charge in [-0.15, -0.1) is 11.3 Å². The highest BCUT2D eigenvalue weighted by molar-refractivity contribution is 7.21. The van der Waals surface area contributed by atoms with Gasteiger partial charge in [0, 0.05) is 35.8 Å². The number of aliphatic hydroxyl groups is 1. The van der Waals surface area contributed by atoms with Crippen molar-refractivity contribution in [3.63, 3.8) is 0 Å². The van der Waals surface area contributed by atoms with Crippen molar-refractivity contribution in [2.24, 2.45) is 0 Å². The van der Waals surface area contributed by atoms with E-state index in [-0.39, 0.29) is 18.3 Å². The van der Waals surface area contributed by atoms with Crippen molar-refractivity contribution in [2.75, 3.05) is 20.2 Å². The minimum atomic E-state index is -0.467. The van der Waals surface area contributed by atoms with Gasteiger partial charge in [0.1, 0.15) is 5.82 Å².